The summed E-state index contributed by atoms with van der Waals surface area (Å²) in [5.74, 6) is 0.550. The molecule has 2 N–H and O–H groups in total. The van der Waals surface area contributed by atoms with E-state index in [0.29, 0.717) is 30.7 Å². The molecule has 0 spiro atoms. The maximum atomic E-state index is 12.2. The number of ether oxygens (including phenoxy) is 2. The normalized spacial score (nSPS) is 14.4. The average molecular weight is 307 g/mol. The maximum Gasteiger partial charge on any atom is 0.488 e. The summed E-state index contributed by atoms with van der Waals surface area (Å²) < 4.78 is 10.7. The Labute approximate surface area is 130 Å². The van der Waals surface area contributed by atoms with Gasteiger partial charge in [0.05, 0.1) is 13.7 Å². The molecular weight excluding hydrogens is 285 g/mol. The van der Waals surface area contributed by atoms with Gasteiger partial charge in [0.15, 0.2) is 0 Å². The summed E-state index contributed by atoms with van der Waals surface area (Å²) >= 11 is 0. The number of nitrogens with zero attached hydrogens (tertiary/aromatic N) is 1. The van der Waals surface area contributed by atoms with Crippen molar-refractivity contribution in [3.05, 3.63) is 23.3 Å². The largest absolute Gasteiger partial charge is 0.496 e. The molecule has 1 heterocycles. The van der Waals surface area contributed by atoms with Crippen LogP contribution in [0.5, 0.6) is 5.75 Å². The summed E-state index contributed by atoms with van der Waals surface area (Å²) in [6.45, 7) is 6.40. The van der Waals surface area contributed by atoms with E-state index >= 15 is 0 Å². The third-order valence-corrected chi connectivity index (χ3v) is 3.49. The molecule has 120 valence electrons. The lowest BCUT2D eigenvalue weighted by Crippen LogP contribution is -2.41. The van der Waals surface area contributed by atoms with Gasteiger partial charge >= 0.3 is 13.2 Å². The van der Waals surface area contributed by atoms with E-state index in [2.05, 4.69) is 0 Å². The number of amides is 1. The molecule has 22 heavy (non-hydrogen) atoms. The van der Waals surface area contributed by atoms with Gasteiger partial charge in [-0.2, -0.15) is 0 Å². The van der Waals surface area contributed by atoms with E-state index in [0.717, 1.165) is 11.1 Å². The van der Waals surface area contributed by atoms with Crippen LogP contribution >= 0.6 is 0 Å². The molecule has 1 aliphatic rings. The van der Waals surface area contributed by atoms with Crippen molar-refractivity contribution in [3.63, 3.8) is 0 Å². The highest BCUT2D eigenvalue weighted by Crippen LogP contribution is 2.28. The Morgan fingerprint density at radius 1 is 1.32 bits per heavy atom. The molecule has 0 atom stereocenters. The first-order chi connectivity index (χ1) is 10.2. The minimum atomic E-state index is -1.54. The smallest absolute Gasteiger partial charge is 0.488 e. The van der Waals surface area contributed by atoms with Crippen molar-refractivity contribution >= 4 is 18.7 Å². The number of carbonyl (C=O) groups excluding carboxylic acids is 1. The minimum absolute atomic E-state index is 0.355. The molecule has 2 rings (SSSR count). The van der Waals surface area contributed by atoms with Crippen LogP contribution in [0.4, 0.5) is 4.79 Å². The first kappa shape index (κ1) is 16.6. The quantitative estimate of drug-likeness (QED) is 0.785. The zero-order valence-electron chi connectivity index (χ0n) is 13.4. The number of carbonyl (C=O) groups is 1. The van der Waals surface area contributed by atoms with Gasteiger partial charge in [-0.3, -0.25) is 0 Å². The highest BCUT2D eigenvalue weighted by atomic mass is 16.6. The fourth-order valence-electron chi connectivity index (χ4n) is 2.47. The van der Waals surface area contributed by atoms with Crippen LogP contribution in [0.2, 0.25) is 0 Å². The summed E-state index contributed by atoms with van der Waals surface area (Å²) in [5, 5.41) is 18.7. The fourth-order valence-corrected chi connectivity index (χ4v) is 2.47. The van der Waals surface area contributed by atoms with Gasteiger partial charge in [0.2, 0.25) is 0 Å². The van der Waals surface area contributed by atoms with E-state index < -0.39 is 12.7 Å². The Morgan fingerprint density at radius 3 is 2.55 bits per heavy atom. The van der Waals surface area contributed by atoms with Crippen molar-refractivity contribution < 1.29 is 24.3 Å². The Balaban J connectivity index is 2.25. The molecule has 0 radical (unpaired) electrons. The molecule has 7 heteroatoms. The van der Waals surface area contributed by atoms with Gasteiger partial charge < -0.3 is 24.4 Å². The minimum Gasteiger partial charge on any atom is -0.496 e. The number of methoxy groups -OCH3 is 1. The Bertz CT molecular complexity index is 551. The number of hydrogen-bond acceptors (Lipinski definition) is 5. The van der Waals surface area contributed by atoms with Crippen LogP contribution in [-0.2, 0) is 17.7 Å². The van der Waals surface area contributed by atoms with Gasteiger partial charge in [0.1, 0.15) is 11.4 Å². The molecule has 1 aliphatic heterocycles. The summed E-state index contributed by atoms with van der Waals surface area (Å²) in [7, 11) is -0.0154. The average Bonchev–Trinajstić information content (AvgIpc) is 2.43. The van der Waals surface area contributed by atoms with E-state index in [-0.39, 0.29) is 6.09 Å². The van der Waals surface area contributed by atoms with Gasteiger partial charge in [-0.05, 0) is 44.3 Å². The molecule has 0 unspecified atom stereocenters. The third-order valence-electron chi connectivity index (χ3n) is 3.49. The Hall–Kier alpha value is -1.73. The maximum absolute atomic E-state index is 12.2. The lowest BCUT2D eigenvalue weighted by molar-refractivity contribution is 0.0222. The third kappa shape index (κ3) is 3.72. The van der Waals surface area contributed by atoms with E-state index in [1.807, 2.05) is 20.8 Å². The predicted molar refractivity (Wildman–Crippen MR) is 83.2 cm³/mol. The molecule has 0 bridgehead atoms. The number of hydrogen-bond donors (Lipinski definition) is 2. The molecule has 0 aliphatic carbocycles. The standard InChI is InChI=1S/C15H22BNO5/c1-15(2,3)22-14(18)17-6-5-10-7-11(16(19)20)8-13(21-4)12(10)9-17/h7-8,19-20H,5-6,9H2,1-4H3. The zero-order chi connectivity index (χ0) is 16.5. The van der Waals surface area contributed by atoms with Gasteiger partial charge in [0.25, 0.3) is 0 Å². The second-order valence-corrected chi connectivity index (χ2v) is 6.39. The molecule has 0 saturated heterocycles. The van der Waals surface area contributed by atoms with Crippen molar-refractivity contribution in [3.8, 4) is 5.75 Å². The second kappa shape index (κ2) is 6.18. The van der Waals surface area contributed by atoms with Gasteiger partial charge in [-0.25, -0.2) is 4.79 Å². The Kier molecular flexibility index (Phi) is 4.67. The number of rotatable bonds is 2. The highest BCUT2D eigenvalue weighted by molar-refractivity contribution is 6.58. The summed E-state index contributed by atoms with van der Waals surface area (Å²) in [5.41, 5.74) is 1.69. The van der Waals surface area contributed by atoms with E-state index in [1.54, 1.807) is 17.0 Å². The van der Waals surface area contributed by atoms with E-state index in [4.69, 9.17) is 9.47 Å². The van der Waals surface area contributed by atoms with Crippen LogP contribution < -0.4 is 10.2 Å². The van der Waals surface area contributed by atoms with E-state index in [9.17, 15) is 14.8 Å². The monoisotopic (exact) mass is 307 g/mol. The molecule has 0 saturated carbocycles. The highest BCUT2D eigenvalue weighted by Gasteiger charge is 2.28. The molecule has 6 nitrogen and oxygen atoms in total. The molecule has 1 amide bonds. The SMILES string of the molecule is COc1cc(B(O)O)cc2c1CN(C(=O)OC(C)(C)C)CC2. The first-order valence-corrected chi connectivity index (χ1v) is 7.25. The van der Waals surface area contributed by atoms with Crippen LogP contribution in [0, 0.1) is 0 Å². The van der Waals surface area contributed by atoms with Crippen LogP contribution in [0.3, 0.4) is 0 Å². The predicted octanol–water partition coefficient (Wildman–Crippen LogP) is 0.668. The van der Waals surface area contributed by atoms with Crippen LogP contribution in [0.1, 0.15) is 31.9 Å². The van der Waals surface area contributed by atoms with Crippen molar-refractivity contribution in [2.75, 3.05) is 13.7 Å². The van der Waals surface area contributed by atoms with Crippen molar-refractivity contribution in [2.24, 2.45) is 0 Å². The molecule has 1 aromatic carbocycles. The number of benzene rings is 1. The van der Waals surface area contributed by atoms with Gasteiger partial charge in [-0.1, -0.05) is 6.07 Å². The fraction of sp³-hybridized carbons (Fsp3) is 0.533. The Morgan fingerprint density at radius 2 is 2.00 bits per heavy atom. The zero-order valence-corrected chi connectivity index (χ0v) is 13.4. The van der Waals surface area contributed by atoms with Gasteiger partial charge in [-0.15, -0.1) is 0 Å². The van der Waals surface area contributed by atoms with Crippen molar-refractivity contribution in [2.45, 2.75) is 39.3 Å². The van der Waals surface area contributed by atoms with Crippen molar-refractivity contribution in [1.29, 1.82) is 0 Å². The summed E-state index contributed by atoms with van der Waals surface area (Å²) in [4.78, 5) is 13.8. The summed E-state index contributed by atoms with van der Waals surface area (Å²) in [6.07, 6.45) is 0.261. The van der Waals surface area contributed by atoms with Crippen LogP contribution in [0.25, 0.3) is 0 Å². The first-order valence-electron chi connectivity index (χ1n) is 7.25. The second-order valence-electron chi connectivity index (χ2n) is 6.39. The molecule has 1 aromatic rings. The van der Waals surface area contributed by atoms with Crippen molar-refractivity contribution in [1.82, 2.24) is 4.90 Å². The number of fused-ring (bicyclic) bond motifs is 1. The van der Waals surface area contributed by atoms with Gasteiger partial charge in [0, 0.05) is 12.1 Å². The summed E-state index contributed by atoms with van der Waals surface area (Å²) in [6, 6.07) is 3.33. The lowest BCUT2D eigenvalue weighted by Gasteiger charge is -2.32. The molecule has 0 fully saturated rings. The van der Waals surface area contributed by atoms with Crippen LogP contribution in [-0.4, -0.2) is 47.4 Å². The molecule has 0 aromatic heterocycles. The topological polar surface area (TPSA) is 79.2 Å². The molecular formula is C15H22BNO5. The van der Waals surface area contributed by atoms with Crippen LogP contribution in [0.15, 0.2) is 12.1 Å². The lowest BCUT2D eigenvalue weighted by atomic mass is 9.77. The van der Waals surface area contributed by atoms with E-state index in [1.165, 1.54) is 7.11 Å².